The van der Waals surface area contributed by atoms with Crippen LogP contribution in [0.2, 0.25) is 0 Å². The molecule has 0 aliphatic carbocycles. The normalized spacial score (nSPS) is 17.0. The number of methoxy groups -OCH3 is 1. The maximum atomic E-state index is 12.3. The molecule has 0 aromatic heterocycles. The highest BCUT2D eigenvalue weighted by atomic mass is 16.6. The molecule has 2 aromatic carbocycles. The Morgan fingerprint density at radius 1 is 1.29 bits per heavy atom. The van der Waals surface area contributed by atoms with E-state index in [0.29, 0.717) is 11.7 Å². The number of nitro benzene ring substituents is 1. The predicted molar refractivity (Wildman–Crippen MR) is 119 cm³/mol. The third kappa shape index (κ3) is 5.87. The van der Waals surface area contributed by atoms with Crippen molar-refractivity contribution in [3.05, 3.63) is 58.1 Å². The van der Waals surface area contributed by atoms with Gasteiger partial charge in [0.25, 0.3) is 5.91 Å². The van der Waals surface area contributed by atoms with Gasteiger partial charge >= 0.3 is 5.69 Å². The zero-order valence-corrected chi connectivity index (χ0v) is 18.2. The fourth-order valence-electron chi connectivity index (χ4n) is 3.81. The molecule has 1 N–H and O–H groups in total. The zero-order chi connectivity index (χ0) is 22.4. The largest absolute Gasteiger partial charge is 0.490 e. The molecule has 8 nitrogen and oxygen atoms in total. The van der Waals surface area contributed by atoms with Crippen LogP contribution in [-0.2, 0) is 4.79 Å². The number of carbonyl (C=O) groups excluding carboxylic acids is 1. The van der Waals surface area contributed by atoms with E-state index in [1.54, 1.807) is 0 Å². The molecular formula is C23H29N3O5. The van der Waals surface area contributed by atoms with E-state index in [2.05, 4.69) is 29.3 Å². The van der Waals surface area contributed by atoms with Gasteiger partial charge in [0.2, 0.25) is 5.75 Å². The lowest BCUT2D eigenvalue weighted by molar-refractivity contribution is -0.385. The Bertz CT molecular complexity index is 916. The van der Waals surface area contributed by atoms with E-state index in [1.165, 1.54) is 43.8 Å². The Kier molecular flexibility index (Phi) is 7.33. The molecule has 2 atom stereocenters. The summed E-state index contributed by atoms with van der Waals surface area (Å²) in [6, 6.07) is 12.3. The number of carbonyl (C=O) groups is 1. The molecule has 2 aromatic rings. The SMILES string of the molecule is COc1cc(OCC(=O)N[C@@H](C)c2ccc(N3CCC[C@H](C)C3)cc2)ccc1[N+](=O)[O-]. The number of piperidine rings is 1. The molecule has 8 heteroatoms. The standard InChI is InChI=1S/C23H29N3O5/c1-16-5-4-12-25(14-16)19-8-6-18(7-9-19)17(2)24-23(27)15-31-20-10-11-21(26(28)29)22(13-20)30-3/h6-11,13,16-17H,4-5,12,14-15H2,1-3H3,(H,24,27)/t16-,17-/m0/s1. The minimum absolute atomic E-state index is 0.0828. The molecule has 1 aliphatic rings. The summed E-state index contributed by atoms with van der Waals surface area (Å²) < 4.78 is 10.5. The number of amides is 1. The molecule has 0 radical (unpaired) electrons. The number of nitrogens with one attached hydrogen (secondary N) is 1. The van der Waals surface area contributed by atoms with E-state index in [1.807, 2.05) is 19.1 Å². The van der Waals surface area contributed by atoms with Crippen molar-refractivity contribution < 1.29 is 19.2 Å². The van der Waals surface area contributed by atoms with Crippen LogP contribution in [0.1, 0.15) is 38.3 Å². The predicted octanol–water partition coefficient (Wildman–Crippen LogP) is 4.10. The summed E-state index contributed by atoms with van der Waals surface area (Å²) in [5.41, 5.74) is 2.07. The van der Waals surface area contributed by atoms with Crippen molar-refractivity contribution in [2.75, 3.05) is 31.7 Å². The Labute approximate surface area is 182 Å². The van der Waals surface area contributed by atoms with Gasteiger partial charge in [0.1, 0.15) is 5.75 Å². The molecular weight excluding hydrogens is 398 g/mol. The quantitative estimate of drug-likeness (QED) is 0.504. The van der Waals surface area contributed by atoms with Gasteiger partial charge in [-0.05, 0) is 49.4 Å². The van der Waals surface area contributed by atoms with E-state index < -0.39 is 4.92 Å². The second-order valence-corrected chi connectivity index (χ2v) is 7.95. The molecule has 166 valence electrons. The maximum absolute atomic E-state index is 12.3. The molecule has 31 heavy (non-hydrogen) atoms. The van der Waals surface area contributed by atoms with Crippen molar-refractivity contribution in [3.8, 4) is 11.5 Å². The Hall–Kier alpha value is -3.29. The van der Waals surface area contributed by atoms with E-state index in [-0.39, 0.29) is 30.0 Å². The first kappa shape index (κ1) is 22.4. The molecule has 0 bridgehead atoms. The zero-order valence-electron chi connectivity index (χ0n) is 18.2. The van der Waals surface area contributed by atoms with Crippen LogP contribution in [0.15, 0.2) is 42.5 Å². The lowest BCUT2D eigenvalue weighted by Gasteiger charge is -2.33. The van der Waals surface area contributed by atoms with Crippen LogP contribution in [0, 0.1) is 16.0 Å². The van der Waals surface area contributed by atoms with Crippen LogP contribution in [0.5, 0.6) is 11.5 Å². The van der Waals surface area contributed by atoms with E-state index in [4.69, 9.17) is 9.47 Å². The number of nitro groups is 1. The molecule has 3 rings (SSSR count). The number of hydrogen-bond acceptors (Lipinski definition) is 6. The van der Waals surface area contributed by atoms with Crippen molar-refractivity contribution >= 4 is 17.3 Å². The van der Waals surface area contributed by atoms with Gasteiger partial charge in [0, 0.05) is 30.9 Å². The lowest BCUT2D eigenvalue weighted by atomic mass is 9.99. The van der Waals surface area contributed by atoms with Crippen molar-refractivity contribution in [2.24, 2.45) is 5.92 Å². The van der Waals surface area contributed by atoms with Crippen molar-refractivity contribution in [3.63, 3.8) is 0 Å². The summed E-state index contributed by atoms with van der Waals surface area (Å²) >= 11 is 0. The first-order valence-corrected chi connectivity index (χ1v) is 10.5. The third-order valence-corrected chi connectivity index (χ3v) is 5.51. The van der Waals surface area contributed by atoms with Gasteiger partial charge < -0.3 is 19.7 Å². The number of anilines is 1. The van der Waals surface area contributed by atoms with Crippen LogP contribution in [0.4, 0.5) is 11.4 Å². The van der Waals surface area contributed by atoms with Crippen LogP contribution < -0.4 is 19.7 Å². The summed E-state index contributed by atoms with van der Waals surface area (Å²) in [6.07, 6.45) is 2.50. The van der Waals surface area contributed by atoms with Gasteiger partial charge in [-0.15, -0.1) is 0 Å². The molecule has 1 fully saturated rings. The molecule has 1 saturated heterocycles. The Morgan fingerprint density at radius 3 is 2.68 bits per heavy atom. The van der Waals surface area contributed by atoms with Gasteiger partial charge in [0.15, 0.2) is 6.61 Å². The van der Waals surface area contributed by atoms with E-state index >= 15 is 0 Å². The van der Waals surface area contributed by atoms with Crippen LogP contribution in [0.25, 0.3) is 0 Å². The molecule has 0 saturated carbocycles. The third-order valence-electron chi connectivity index (χ3n) is 5.51. The second-order valence-electron chi connectivity index (χ2n) is 7.95. The maximum Gasteiger partial charge on any atom is 0.311 e. The van der Waals surface area contributed by atoms with Gasteiger partial charge in [0.05, 0.1) is 18.1 Å². The van der Waals surface area contributed by atoms with Crippen LogP contribution >= 0.6 is 0 Å². The van der Waals surface area contributed by atoms with Crippen molar-refractivity contribution in [2.45, 2.75) is 32.7 Å². The van der Waals surface area contributed by atoms with Crippen LogP contribution in [-0.4, -0.2) is 37.6 Å². The average molecular weight is 428 g/mol. The minimum atomic E-state index is -0.534. The molecule has 1 aliphatic heterocycles. The fraction of sp³-hybridized carbons (Fsp3) is 0.435. The minimum Gasteiger partial charge on any atom is -0.490 e. The van der Waals surface area contributed by atoms with Crippen molar-refractivity contribution in [1.29, 1.82) is 0 Å². The summed E-state index contributed by atoms with van der Waals surface area (Å²) in [5, 5.41) is 13.9. The van der Waals surface area contributed by atoms with E-state index in [0.717, 1.165) is 18.7 Å². The monoisotopic (exact) mass is 427 g/mol. The number of rotatable bonds is 8. The van der Waals surface area contributed by atoms with Gasteiger partial charge in [-0.1, -0.05) is 19.1 Å². The number of benzene rings is 2. The summed E-state index contributed by atoms with van der Waals surface area (Å²) in [6.45, 7) is 6.17. The smallest absolute Gasteiger partial charge is 0.311 e. The first-order chi connectivity index (χ1) is 14.9. The topological polar surface area (TPSA) is 93.9 Å². The highest BCUT2D eigenvalue weighted by molar-refractivity contribution is 5.78. The van der Waals surface area contributed by atoms with Crippen molar-refractivity contribution in [1.82, 2.24) is 5.32 Å². The number of ether oxygens (including phenoxy) is 2. The Balaban J connectivity index is 1.53. The number of hydrogen-bond donors (Lipinski definition) is 1. The fourth-order valence-corrected chi connectivity index (χ4v) is 3.81. The molecule has 0 unspecified atom stereocenters. The lowest BCUT2D eigenvalue weighted by Crippen LogP contribution is -2.34. The second kappa shape index (κ2) is 10.1. The van der Waals surface area contributed by atoms with Gasteiger partial charge in [-0.3, -0.25) is 14.9 Å². The highest BCUT2D eigenvalue weighted by Gasteiger charge is 2.18. The molecule has 1 amide bonds. The summed E-state index contributed by atoms with van der Waals surface area (Å²) in [5.74, 6) is 0.839. The molecule has 0 spiro atoms. The Morgan fingerprint density at radius 2 is 2.03 bits per heavy atom. The van der Waals surface area contributed by atoms with Crippen LogP contribution in [0.3, 0.4) is 0 Å². The van der Waals surface area contributed by atoms with Gasteiger partial charge in [-0.2, -0.15) is 0 Å². The highest BCUT2D eigenvalue weighted by Crippen LogP contribution is 2.30. The first-order valence-electron chi connectivity index (χ1n) is 10.5. The summed E-state index contributed by atoms with van der Waals surface area (Å²) in [7, 11) is 1.34. The number of nitrogens with zero attached hydrogens (tertiary/aromatic N) is 2. The molecule has 1 heterocycles. The van der Waals surface area contributed by atoms with E-state index in [9.17, 15) is 14.9 Å². The summed E-state index contributed by atoms with van der Waals surface area (Å²) in [4.78, 5) is 25.1. The average Bonchev–Trinajstić information content (AvgIpc) is 2.77. The van der Waals surface area contributed by atoms with Gasteiger partial charge in [-0.25, -0.2) is 0 Å².